The first kappa shape index (κ1) is 14.4. The van der Waals surface area contributed by atoms with Gasteiger partial charge in [0.1, 0.15) is 5.82 Å². The summed E-state index contributed by atoms with van der Waals surface area (Å²) in [6.07, 6.45) is 3.72. The second-order valence-electron chi connectivity index (χ2n) is 5.14. The fourth-order valence-electron chi connectivity index (χ4n) is 2.61. The van der Waals surface area contributed by atoms with Crippen LogP contribution in [0.5, 0.6) is 0 Å². The Morgan fingerprint density at radius 2 is 2.05 bits per heavy atom. The molecule has 2 aromatic heterocycles. The van der Waals surface area contributed by atoms with E-state index in [2.05, 4.69) is 21.6 Å². The van der Waals surface area contributed by atoms with E-state index in [-0.39, 0.29) is 11.4 Å². The molecular weight excluding hydrogens is 307 g/mol. The quantitative estimate of drug-likeness (QED) is 0.665. The Morgan fingerprint density at radius 1 is 1.24 bits per heavy atom. The van der Waals surface area contributed by atoms with E-state index < -0.39 is 0 Å². The van der Waals surface area contributed by atoms with Gasteiger partial charge in [-0.3, -0.25) is 4.68 Å². The monoisotopic (exact) mass is 322 g/mol. The number of rotatable bonds is 4. The minimum atomic E-state index is -0.187. The lowest BCUT2D eigenvalue weighted by Gasteiger charge is -2.19. The number of nitrogens with zero attached hydrogens (tertiary/aromatic N) is 4. The Labute approximate surface area is 133 Å². The fraction of sp³-hybridized carbons (Fsp3) is 0.333. The minimum absolute atomic E-state index is 0.144. The first-order valence-corrected chi connectivity index (χ1v) is 7.67. The summed E-state index contributed by atoms with van der Waals surface area (Å²) in [5.41, 5.74) is 1.80. The van der Waals surface area contributed by atoms with Gasteiger partial charge in [-0.2, -0.15) is 5.10 Å². The third-order valence-electron chi connectivity index (χ3n) is 3.50. The van der Waals surface area contributed by atoms with Crippen molar-refractivity contribution in [3.05, 3.63) is 47.5 Å². The summed E-state index contributed by atoms with van der Waals surface area (Å²) in [6, 6.07) is 7.80. The van der Waals surface area contributed by atoms with Crippen LogP contribution in [0.3, 0.4) is 0 Å². The molecule has 2 atom stereocenters. The van der Waals surface area contributed by atoms with E-state index >= 15 is 0 Å². The van der Waals surface area contributed by atoms with Crippen LogP contribution >= 0.6 is 23.2 Å². The van der Waals surface area contributed by atoms with E-state index in [0.717, 1.165) is 23.4 Å². The van der Waals surface area contributed by atoms with E-state index in [1.165, 1.54) is 0 Å². The summed E-state index contributed by atoms with van der Waals surface area (Å²) < 4.78 is 4.02. The summed E-state index contributed by atoms with van der Waals surface area (Å²) in [6.45, 7) is 4.78. The van der Waals surface area contributed by atoms with Crippen LogP contribution in [0.25, 0.3) is 11.0 Å². The number of alkyl halides is 1. The molecule has 0 bridgehead atoms. The van der Waals surface area contributed by atoms with Gasteiger partial charge in [-0.05, 0) is 32.0 Å². The first-order chi connectivity index (χ1) is 10.1. The van der Waals surface area contributed by atoms with Crippen molar-refractivity contribution in [2.75, 3.05) is 0 Å². The normalized spacial score (nSPS) is 14.5. The molecule has 2 unspecified atom stereocenters. The van der Waals surface area contributed by atoms with E-state index in [9.17, 15) is 0 Å². The van der Waals surface area contributed by atoms with Crippen LogP contribution in [0.15, 0.2) is 36.7 Å². The average molecular weight is 323 g/mol. The van der Waals surface area contributed by atoms with E-state index in [1.807, 2.05) is 42.1 Å². The predicted octanol–water partition coefficient (Wildman–Crippen LogP) is 4.45. The van der Waals surface area contributed by atoms with Gasteiger partial charge >= 0.3 is 0 Å². The van der Waals surface area contributed by atoms with Crippen molar-refractivity contribution in [3.8, 4) is 0 Å². The molecule has 0 spiro atoms. The van der Waals surface area contributed by atoms with Gasteiger partial charge in [0.15, 0.2) is 0 Å². The number of benzene rings is 1. The van der Waals surface area contributed by atoms with Gasteiger partial charge in [0.2, 0.25) is 0 Å². The topological polar surface area (TPSA) is 35.6 Å². The van der Waals surface area contributed by atoms with E-state index in [0.29, 0.717) is 5.02 Å². The Kier molecular flexibility index (Phi) is 3.91. The lowest BCUT2D eigenvalue weighted by Crippen LogP contribution is -2.16. The maximum Gasteiger partial charge on any atom is 0.128 e. The van der Waals surface area contributed by atoms with Crippen LogP contribution in [0.1, 0.15) is 31.1 Å². The number of aromatic nitrogens is 4. The zero-order chi connectivity index (χ0) is 15.0. The van der Waals surface area contributed by atoms with E-state index in [4.69, 9.17) is 23.2 Å². The molecule has 3 aromatic rings. The molecule has 21 heavy (non-hydrogen) atoms. The lowest BCUT2D eigenvalue weighted by atomic mass is 10.2. The summed E-state index contributed by atoms with van der Waals surface area (Å²) in [5.74, 6) is 0.833. The van der Waals surface area contributed by atoms with Crippen LogP contribution in [0, 0.1) is 0 Å². The maximum atomic E-state index is 6.38. The highest BCUT2D eigenvalue weighted by Gasteiger charge is 2.21. The molecule has 0 radical (unpaired) electrons. The predicted molar refractivity (Wildman–Crippen MR) is 85.9 cm³/mol. The molecule has 4 nitrogen and oxygen atoms in total. The van der Waals surface area contributed by atoms with Gasteiger partial charge in [0, 0.05) is 12.4 Å². The van der Waals surface area contributed by atoms with E-state index in [1.54, 1.807) is 6.20 Å². The highest BCUT2D eigenvalue weighted by Crippen LogP contribution is 2.32. The number of para-hydroxylation sites is 1. The third kappa shape index (κ3) is 2.65. The lowest BCUT2D eigenvalue weighted by molar-refractivity contribution is 0.434. The minimum Gasteiger partial charge on any atom is -0.321 e. The van der Waals surface area contributed by atoms with Gasteiger partial charge in [0.25, 0.3) is 0 Å². The molecule has 2 heterocycles. The molecule has 6 heteroatoms. The largest absolute Gasteiger partial charge is 0.321 e. The third-order valence-corrected chi connectivity index (χ3v) is 4.00. The molecule has 0 aliphatic rings. The first-order valence-electron chi connectivity index (χ1n) is 6.85. The number of hydrogen-bond acceptors (Lipinski definition) is 2. The molecule has 3 rings (SSSR count). The molecule has 110 valence electrons. The number of hydrogen-bond donors (Lipinski definition) is 0. The standard InChI is InChI=1S/C15H16Cl2N4/c1-10(9-20-8-4-7-18-20)21-14-12(17)5-3-6-13(14)19-15(21)11(2)16/h3-8,10-11H,9H2,1-2H3. The second-order valence-corrected chi connectivity index (χ2v) is 6.20. The number of halogens is 2. The van der Waals surface area contributed by atoms with Crippen molar-refractivity contribution in [1.82, 2.24) is 19.3 Å². The van der Waals surface area contributed by atoms with Crippen molar-refractivity contribution in [3.63, 3.8) is 0 Å². The van der Waals surface area contributed by atoms with Crippen LogP contribution < -0.4 is 0 Å². The smallest absolute Gasteiger partial charge is 0.128 e. The highest BCUT2D eigenvalue weighted by molar-refractivity contribution is 6.35. The highest BCUT2D eigenvalue weighted by atomic mass is 35.5. The van der Waals surface area contributed by atoms with Crippen LogP contribution in [0.2, 0.25) is 5.02 Å². The zero-order valence-corrected chi connectivity index (χ0v) is 13.4. The molecular formula is C15H16Cl2N4. The molecule has 0 fully saturated rings. The van der Waals surface area contributed by atoms with Gasteiger partial charge in [-0.25, -0.2) is 4.98 Å². The fourth-order valence-corrected chi connectivity index (χ4v) is 3.03. The molecule has 0 aliphatic heterocycles. The number of fused-ring (bicyclic) bond motifs is 1. The Morgan fingerprint density at radius 3 is 2.71 bits per heavy atom. The summed E-state index contributed by atoms with van der Waals surface area (Å²) >= 11 is 12.7. The molecule has 0 N–H and O–H groups in total. The van der Waals surface area contributed by atoms with Gasteiger partial charge in [-0.1, -0.05) is 17.7 Å². The second kappa shape index (κ2) is 5.70. The molecule has 1 aromatic carbocycles. The summed E-state index contributed by atoms with van der Waals surface area (Å²) in [7, 11) is 0. The molecule has 0 aliphatic carbocycles. The Bertz CT molecular complexity index is 746. The van der Waals surface area contributed by atoms with Crippen LogP contribution in [-0.4, -0.2) is 19.3 Å². The summed E-state index contributed by atoms with van der Waals surface area (Å²) in [4.78, 5) is 4.64. The zero-order valence-electron chi connectivity index (χ0n) is 11.9. The van der Waals surface area contributed by atoms with Crippen LogP contribution in [0.4, 0.5) is 0 Å². The van der Waals surface area contributed by atoms with Crippen molar-refractivity contribution in [2.45, 2.75) is 31.8 Å². The van der Waals surface area contributed by atoms with Crippen molar-refractivity contribution in [2.24, 2.45) is 0 Å². The SMILES string of the molecule is CC(Cl)c1nc2cccc(Cl)c2n1C(C)Cn1cccn1. The van der Waals surface area contributed by atoms with Gasteiger partial charge < -0.3 is 4.57 Å². The summed E-state index contributed by atoms with van der Waals surface area (Å²) in [5, 5.41) is 4.76. The number of imidazole rings is 1. The van der Waals surface area contributed by atoms with Crippen LogP contribution in [-0.2, 0) is 6.54 Å². The Hall–Kier alpha value is -1.52. The Balaban J connectivity index is 2.12. The van der Waals surface area contributed by atoms with Crippen molar-refractivity contribution in [1.29, 1.82) is 0 Å². The van der Waals surface area contributed by atoms with Crippen molar-refractivity contribution < 1.29 is 0 Å². The van der Waals surface area contributed by atoms with Gasteiger partial charge in [0.05, 0.1) is 34.0 Å². The average Bonchev–Trinajstić information content (AvgIpc) is 3.05. The van der Waals surface area contributed by atoms with Crippen molar-refractivity contribution >= 4 is 34.2 Å². The molecule has 0 saturated carbocycles. The molecule has 0 saturated heterocycles. The molecule has 0 amide bonds. The maximum absolute atomic E-state index is 6.38. The van der Waals surface area contributed by atoms with Gasteiger partial charge in [-0.15, -0.1) is 11.6 Å².